The molecule has 1 heterocycles. The molecule has 0 radical (unpaired) electrons. The van der Waals surface area contributed by atoms with Crippen LogP contribution in [0.4, 0.5) is 0 Å². The van der Waals surface area contributed by atoms with E-state index in [1.165, 1.54) is 17.8 Å². The average molecular weight is 491 g/mol. The molecule has 0 unspecified atom stereocenters. The lowest BCUT2D eigenvalue weighted by Crippen LogP contribution is -2.25. The largest absolute Gasteiger partial charge is 0.313 e. The number of hydrogen-bond acceptors (Lipinski definition) is 3. The van der Waals surface area contributed by atoms with Crippen molar-refractivity contribution in [2.24, 2.45) is 4.40 Å². The van der Waals surface area contributed by atoms with Crippen LogP contribution in [0.3, 0.4) is 0 Å². The lowest BCUT2D eigenvalue weighted by molar-refractivity contribution is 0.351. The summed E-state index contributed by atoms with van der Waals surface area (Å²) in [6, 6.07) is 15.3. The number of sulfonamides is 1. The van der Waals surface area contributed by atoms with Crippen LogP contribution in [-0.2, 0) is 10.0 Å². The lowest BCUT2D eigenvalue weighted by atomic mass is 9.95. The molecule has 7 heteroatoms. The molecule has 0 bridgehead atoms. The molecule has 0 N–H and O–H groups in total. The number of benzene rings is 2. The number of hydrogen-bond donors (Lipinski definition) is 0. The Bertz CT molecular complexity index is 1150. The van der Waals surface area contributed by atoms with Gasteiger partial charge in [-0.2, -0.15) is 8.42 Å². The maximum Gasteiger partial charge on any atom is 0.285 e. The normalized spacial score (nSPS) is 16.3. The van der Waals surface area contributed by atoms with Crippen LogP contribution in [0.15, 0.2) is 67.7 Å². The van der Waals surface area contributed by atoms with Crippen LogP contribution in [0.1, 0.15) is 43.7 Å². The summed E-state index contributed by atoms with van der Waals surface area (Å²) in [5.74, 6) is 0. The van der Waals surface area contributed by atoms with Crippen molar-refractivity contribution in [1.82, 2.24) is 4.57 Å². The Labute approximate surface area is 184 Å². The summed E-state index contributed by atoms with van der Waals surface area (Å²) in [5.41, 5.74) is 3.13. The van der Waals surface area contributed by atoms with Gasteiger partial charge in [0.2, 0.25) is 4.80 Å². The summed E-state index contributed by atoms with van der Waals surface area (Å²) in [5, 5.41) is 2.03. The Hall–Kier alpha value is -1.70. The second kappa shape index (κ2) is 8.58. The molecule has 1 aliphatic carbocycles. The first-order valence-corrected chi connectivity index (χ1v) is 12.9. The highest BCUT2D eigenvalue weighted by atomic mass is 79.9. The third kappa shape index (κ3) is 4.57. The minimum absolute atomic E-state index is 0.233. The second-order valence-corrected chi connectivity index (χ2v) is 10.8. The molecule has 1 fully saturated rings. The van der Waals surface area contributed by atoms with Crippen LogP contribution < -0.4 is 4.80 Å². The number of nitrogens with zero attached hydrogens (tertiary/aromatic N) is 2. The van der Waals surface area contributed by atoms with Crippen LogP contribution in [-0.4, -0.2) is 13.0 Å². The standard InChI is InChI=1S/C22H23BrN2O2S2/c1-16-7-13-20(14-8-16)29(26,27)24-22-25(19-5-3-2-4-6-19)21(15-28-22)17-9-11-18(23)12-10-17/h7-15,19H,2-6H2,1H3/b24-22+. The molecule has 1 saturated carbocycles. The van der Waals surface area contributed by atoms with Gasteiger partial charge in [0.1, 0.15) is 0 Å². The van der Waals surface area contributed by atoms with E-state index in [1.54, 1.807) is 24.3 Å². The SMILES string of the molecule is Cc1ccc(S(=O)(=O)/N=c2/scc(-c3ccc(Br)cc3)n2C2CCCCC2)cc1. The molecular weight excluding hydrogens is 468 g/mol. The molecule has 4 rings (SSSR count). The smallest absolute Gasteiger partial charge is 0.285 e. The Kier molecular flexibility index (Phi) is 6.08. The van der Waals surface area contributed by atoms with Crippen molar-refractivity contribution in [3.8, 4) is 11.3 Å². The van der Waals surface area contributed by atoms with Crippen molar-refractivity contribution in [2.45, 2.75) is 50.0 Å². The van der Waals surface area contributed by atoms with Crippen molar-refractivity contribution >= 4 is 37.3 Å². The van der Waals surface area contributed by atoms with Crippen molar-refractivity contribution in [3.63, 3.8) is 0 Å². The predicted octanol–water partition coefficient (Wildman–Crippen LogP) is 6.08. The first-order chi connectivity index (χ1) is 13.9. The summed E-state index contributed by atoms with van der Waals surface area (Å²) in [6.45, 7) is 1.94. The molecule has 0 atom stereocenters. The molecule has 29 heavy (non-hydrogen) atoms. The lowest BCUT2D eigenvalue weighted by Gasteiger charge is -2.25. The van der Waals surface area contributed by atoms with E-state index in [0.717, 1.165) is 47.0 Å². The van der Waals surface area contributed by atoms with Gasteiger partial charge in [-0.1, -0.05) is 65.0 Å². The summed E-state index contributed by atoms with van der Waals surface area (Å²) in [6.07, 6.45) is 5.67. The number of rotatable bonds is 4. The van der Waals surface area contributed by atoms with E-state index < -0.39 is 10.0 Å². The van der Waals surface area contributed by atoms with Gasteiger partial charge in [-0.3, -0.25) is 0 Å². The van der Waals surface area contributed by atoms with Gasteiger partial charge in [0.15, 0.2) is 0 Å². The minimum Gasteiger partial charge on any atom is -0.313 e. The van der Waals surface area contributed by atoms with Gasteiger partial charge in [0.05, 0.1) is 10.6 Å². The highest BCUT2D eigenvalue weighted by molar-refractivity contribution is 9.10. The molecule has 0 aliphatic heterocycles. The van der Waals surface area contributed by atoms with E-state index in [9.17, 15) is 8.42 Å². The highest BCUT2D eigenvalue weighted by Crippen LogP contribution is 2.32. The molecule has 0 spiro atoms. The molecule has 3 aromatic rings. The summed E-state index contributed by atoms with van der Waals surface area (Å²) in [4.78, 5) is 0.785. The second-order valence-electron chi connectivity index (χ2n) is 7.45. The number of halogens is 1. The van der Waals surface area contributed by atoms with Gasteiger partial charge >= 0.3 is 0 Å². The zero-order chi connectivity index (χ0) is 20.4. The third-order valence-corrected chi connectivity index (χ3v) is 8.10. The topological polar surface area (TPSA) is 51.4 Å². The van der Waals surface area contributed by atoms with Crippen LogP contribution in [0.25, 0.3) is 11.3 Å². The zero-order valence-electron chi connectivity index (χ0n) is 16.2. The van der Waals surface area contributed by atoms with Crippen LogP contribution in [0.5, 0.6) is 0 Å². The fourth-order valence-corrected chi connectivity index (χ4v) is 6.21. The molecule has 0 amide bonds. The van der Waals surface area contributed by atoms with E-state index in [2.05, 4.69) is 37.0 Å². The van der Waals surface area contributed by atoms with Gasteiger partial charge in [0.25, 0.3) is 10.0 Å². The Balaban J connectivity index is 1.85. The Morgan fingerprint density at radius 3 is 2.31 bits per heavy atom. The summed E-state index contributed by atoms with van der Waals surface area (Å²) in [7, 11) is -3.76. The quantitative estimate of drug-likeness (QED) is 0.444. The maximum atomic E-state index is 13.0. The van der Waals surface area contributed by atoms with Gasteiger partial charge in [-0.25, -0.2) is 0 Å². The first kappa shape index (κ1) is 20.6. The minimum atomic E-state index is -3.76. The van der Waals surface area contributed by atoms with Crippen molar-refractivity contribution in [2.75, 3.05) is 0 Å². The molecule has 152 valence electrons. The fourth-order valence-electron chi connectivity index (χ4n) is 3.78. The van der Waals surface area contributed by atoms with E-state index in [1.807, 2.05) is 24.4 Å². The average Bonchev–Trinajstić information content (AvgIpc) is 3.12. The third-order valence-electron chi connectivity index (χ3n) is 5.34. The van der Waals surface area contributed by atoms with Gasteiger partial charge in [-0.05, 0) is 49.6 Å². The van der Waals surface area contributed by atoms with E-state index in [0.29, 0.717) is 4.80 Å². The molecular formula is C22H23BrN2O2S2. The highest BCUT2D eigenvalue weighted by Gasteiger charge is 2.22. The zero-order valence-corrected chi connectivity index (χ0v) is 19.4. The van der Waals surface area contributed by atoms with Crippen LogP contribution in [0.2, 0.25) is 0 Å². The van der Waals surface area contributed by atoms with Gasteiger partial charge in [-0.15, -0.1) is 15.7 Å². The Morgan fingerprint density at radius 2 is 1.66 bits per heavy atom. The monoisotopic (exact) mass is 490 g/mol. The number of thiazole rings is 1. The van der Waals surface area contributed by atoms with E-state index >= 15 is 0 Å². The number of aromatic nitrogens is 1. The van der Waals surface area contributed by atoms with Crippen molar-refractivity contribution in [3.05, 3.63) is 68.7 Å². The predicted molar refractivity (Wildman–Crippen MR) is 121 cm³/mol. The number of aryl methyl sites for hydroxylation is 1. The molecule has 1 aliphatic rings. The van der Waals surface area contributed by atoms with Gasteiger partial charge < -0.3 is 4.57 Å². The summed E-state index contributed by atoms with van der Waals surface area (Å²) < 4.78 is 33.4. The fraction of sp³-hybridized carbons (Fsp3) is 0.318. The van der Waals surface area contributed by atoms with Crippen LogP contribution >= 0.6 is 27.3 Å². The Morgan fingerprint density at radius 1 is 1.00 bits per heavy atom. The summed E-state index contributed by atoms with van der Waals surface area (Å²) >= 11 is 4.89. The van der Waals surface area contributed by atoms with Gasteiger partial charge in [0, 0.05) is 15.9 Å². The first-order valence-electron chi connectivity index (χ1n) is 9.78. The maximum absolute atomic E-state index is 13.0. The van der Waals surface area contributed by atoms with E-state index in [-0.39, 0.29) is 10.9 Å². The molecule has 4 nitrogen and oxygen atoms in total. The van der Waals surface area contributed by atoms with Crippen molar-refractivity contribution in [1.29, 1.82) is 0 Å². The van der Waals surface area contributed by atoms with Crippen molar-refractivity contribution < 1.29 is 8.42 Å². The molecule has 2 aromatic carbocycles. The molecule has 0 saturated heterocycles. The van der Waals surface area contributed by atoms with E-state index in [4.69, 9.17) is 0 Å². The molecule has 1 aromatic heterocycles. The van der Waals surface area contributed by atoms with Crippen LogP contribution in [0, 0.1) is 6.92 Å².